The maximum Gasteiger partial charge on any atom is 0.305 e. The topological polar surface area (TPSA) is 113 Å². The van der Waals surface area contributed by atoms with Gasteiger partial charge in [-0.05, 0) is 44.9 Å². The molecule has 3 aromatic heterocycles. The van der Waals surface area contributed by atoms with Gasteiger partial charge in [-0.15, -0.1) is 0 Å². The fourth-order valence-corrected chi connectivity index (χ4v) is 4.61. The van der Waals surface area contributed by atoms with E-state index in [2.05, 4.69) is 15.3 Å². The zero-order valence-corrected chi connectivity index (χ0v) is 24.9. The summed E-state index contributed by atoms with van der Waals surface area (Å²) in [7, 11) is 1.34. The highest BCUT2D eigenvalue weighted by Gasteiger charge is 2.20. The highest BCUT2D eigenvalue weighted by Crippen LogP contribution is 2.33. The standard InChI is InChI=1S/C32H32F2N6O4/c1-5-43-21-14-24(33)23(25(34)15-21)18-40-27-10-7-6-9-22(27)30(39-40)32-36-17-28(44-12-8-11-29(41)42-4)31(38-32)37-26-13-20(3)35-16-19(26)2/h6-7,9-10,13-17H,5,8,11-12,18H2,1-4H3,(H,35,36,37,38). The van der Waals surface area contributed by atoms with E-state index in [0.29, 0.717) is 41.2 Å². The van der Waals surface area contributed by atoms with Crippen molar-refractivity contribution in [2.75, 3.05) is 25.6 Å². The molecular formula is C32H32F2N6O4. The predicted molar refractivity (Wildman–Crippen MR) is 161 cm³/mol. The van der Waals surface area contributed by atoms with Gasteiger partial charge in [-0.2, -0.15) is 5.10 Å². The first-order chi connectivity index (χ1) is 21.3. The normalized spacial score (nSPS) is 11.0. The Morgan fingerprint density at radius 3 is 2.55 bits per heavy atom. The SMILES string of the molecule is CCOc1cc(F)c(Cn2nc(-c3ncc(OCCCC(=O)OC)c(Nc4cc(C)ncc4C)n3)c3ccccc32)c(F)c1. The van der Waals surface area contributed by atoms with E-state index in [9.17, 15) is 13.6 Å². The molecule has 0 radical (unpaired) electrons. The van der Waals surface area contributed by atoms with Crippen LogP contribution in [0.2, 0.25) is 0 Å². The number of nitrogens with one attached hydrogen (secondary N) is 1. The molecule has 0 aliphatic carbocycles. The Morgan fingerprint density at radius 2 is 1.80 bits per heavy atom. The minimum absolute atomic E-state index is 0.123. The number of halogens is 2. The second-order valence-corrected chi connectivity index (χ2v) is 10.0. The van der Waals surface area contributed by atoms with Crippen LogP contribution < -0.4 is 14.8 Å². The van der Waals surface area contributed by atoms with Gasteiger partial charge in [0.05, 0.1) is 38.6 Å². The Morgan fingerprint density at radius 1 is 1.02 bits per heavy atom. The minimum atomic E-state index is -0.728. The molecule has 3 heterocycles. The first-order valence-corrected chi connectivity index (χ1v) is 14.1. The monoisotopic (exact) mass is 602 g/mol. The molecule has 0 fully saturated rings. The Balaban J connectivity index is 1.52. The number of anilines is 2. The summed E-state index contributed by atoms with van der Waals surface area (Å²) >= 11 is 0. The molecule has 10 nitrogen and oxygen atoms in total. The van der Waals surface area contributed by atoms with E-state index < -0.39 is 11.6 Å². The van der Waals surface area contributed by atoms with Crippen LogP contribution in [0.1, 0.15) is 36.6 Å². The molecule has 0 aliphatic heterocycles. The van der Waals surface area contributed by atoms with Crippen LogP contribution in [-0.2, 0) is 16.1 Å². The van der Waals surface area contributed by atoms with Crippen molar-refractivity contribution in [2.24, 2.45) is 0 Å². The van der Waals surface area contributed by atoms with Crippen molar-refractivity contribution in [3.63, 3.8) is 0 Å². The molecule has 0 aliphatic rings. The number of rotatable bonds is 12. The average molecular weight is 603 g/mol. The molecule has 44 heavy (non-hydrogen) atoms. The average Bonchev–Trinajstić information content (AvgIpc) is 3.38. The lowest BCUT2D eigenvalue weighted by molar-refractivity contribution is -0.140. The van der Waals surface area contributed by atoms with E-state index in [1.807, 2.05) is 44.2 Å². The number of benzene rings is 2. The summed E-state index contributed by atoms with van der Waals surface area (Å²) in [6.45, 7) is 5.91. The van der Waals surface area contributed by atoms with Crippen LogP contribution in [0.3, 0.4) is 0 Å². The first-order valence-electron chi connectivity index (χ1n) is 14.1. The van der Waals surface area contributed by atoms with Crippen LogP contribution >= 0.6 is 0 Å². The zero-order valence-electron chi connectivity index (χ0n) is 24.9. The molecule has 0 bridgehead atoms. The number of carbonyl (C=O) groups excluding carboxylic acids is 1. The largest absolute Gasteiger partial charge is 0.494 e. The van der Waals surface area contributed by atoms with E-state index in [1.54, 1.807) is 13.1 Å². The number of hydrogen-bond donors (Lipinski definition) is 1. The molecule has 0 unspecified atom stereocenters. The minimum Gasteiger partial charge on any atom is -0.494 e. The number of aryl methyl sites for hydroxylation is 2. The molecule has 0 spiro atoms. The number of aromatic nitrogens is 5. The van der Waals surface area contributed by atoms with E-state index in [-0.39, 0.29) is 42.7 Å². The van der Waals surface area contributed by atoms with Gasteiger partial charge < -0.3 is 19.5 Å². The van der Waals surface area contributed by atoms with Crippen molar-refractivity contribution in [3.8, 4) is 23.0 Å². The Kier molecular flexibility index (Phi) is 9.27. The van der Waals surface area contributed by atoms with Gasteiger partial charge in [0.15, 0.2) is 17.4 Å². The van der Waals surface area contributed by atoms with Crippen molar-refractivity contribution in [3.05, 3.63) is 83.3 Å². The van der Waals surface area contributed by atoms with E-state index in [0.717, 1.165) is 16.9 Å². The molecule has 0 atom stereocenters. The Hall–Kier alpha value is -5.13. The summed E-state index contributed by atoms with van der Waals surface area (Å²) in [6.07, 6.45) is 3.94. The zero-order chi connectivity index (χ0) is 31.2. The number of fused-ring (bicyclic) bond motifs is 1. The van der Waals surface area contributed by atoms with Crippen molar-refractivity contribution < 1.29 is 27.8 Å². The maximum absolute atomic E-state index is 15.0. The van der Waals surface area contributed by atoms with Gasteiger partial charge >= 0.3 is 5.97 Å². The van der Waals surface area contributed by atoms with Crippen LogP contribution in [0.5, 0.6) is 11.5 Å². The molecule has 228 valence electrons. The summed E-state index contributed by atoms with van der Waals surface area (Å²) in [5, 5.41) is 8.73. The second-order valence-electron chi connectivity index (χ2n) is 10.0. The molecule has 5 rings (SSSR count). The summed E-state index contributed by atoms with van der Waals surface area (Å²) in [4.78, 5) is 25.2. The summed E-state index contributed by atoms with van der Waals surface area (Å²) < 4.78 is 47.4. The molecule has 1 N–H and O–H groups in total. The lowest BCUT2D eigenvalue weighted by atomic mass is 10.1. The highest BCUT2D eigenvalue weighted by molar-refractivity contribution is 5.92. The number of hydrogen-bond acceptors (Lipinski definition) is 9. The summed E-state index contributed by atoms with van der Waals surface area (Å²) in [5.74, 6) is -0.630. The third kappa shape index (κ3) is 6.74. The highest BCUT2D eigenvalue weighted by atomic mass is 19.1. The number of para-hydroxylation sites is 1. The van der Waals surface area contributed by atoms with Crippen LogP contribution in [0.25, 0.3) is 22.4 Å². The van der Waals surface area contributed by atoms with E-state index >= 15 is 0 Å². The van der Waals surface area contributed by atoms with E-state index in [1.165, 1.54) is 30.1 Å². The third-order valence-corrected chi connectivity index (χ3v) is 6.86. The van der Waals surface area contributed by atoms with Crippen molar-refractivity contribution >= 4 is 28.4 Å². The number of methoxy groups -OCH3 is 1. The lowest BCUT2D eigenvalue weighted by Crippen LogP contribution is -2.08. The summed E-state index contributed by atoms with van der Waals surface area (Å²) in [6, 6.07) is 11.6. The number of nitrogens with zero attached hydrogens (tertiary/aromatic N) is 5. The smallest absolute Gasteiger partial charge is 0.305 e. The van der Waals surface area contributed by atoms with Gasteiger partial charge in [-0.25, -0.2) is 18.7 Å². The van der Waals surface area contributed by atoms with Crippen LogP contribution in [-0.4, -0.2) is 51.0 Å². The molecule has 0 amide bonds. The van der Waals surface area contributed by atoms with Crippen molar-refractivity contribution in [2.45, 2.75) is 40.2 Å². The van der Waals surface area contributed by atoms with Gasteiger partial charge in [0, 0.05) is 47.1 Å². The van der Waals surface area contributed by atoms with Crippen molar-refractivity contribution in [1.82, 2.24) is 24.7 Å². The second kappa shape index (κ2) is 13.4. The lowest BCUT2D eigenvalue weighted by Gasteiger charge is -2.14. The number of ether oxygens (including phenoxy) is 3. The van der Waals surface area contributed by atoms with Gasteiger partial charge in [0.2, 0.25) is 0 Å². The Labute approximate surface area is 253 Å². The first kappa shape index (κ1) is 30.3. The fourth-order valence-electron chi connectivity index (χ4n) is 4.61. The van der Waals surface area contributed by atoms with Crippen LogP contribution in [0, 0.1) is 25.5 Å². The number of esters is 1. The predicted octanol–water partition coefficient (Wildman–Crippen LogP) is 6.31. The molecule has 12 heteroatoms. The van der Waals surface area contributed by atoms with Crippen molar-refractivity contribution in [1.29, 1.82) is 0 Å². The summed E-state index contributed by atoms with van der Waals surface area (Å²) in [5.41, 5.74) is 3.41. The molecule has 5 aromatic rings. The third-order valence-electron chi connectivity index (χ3n) is 6.86. The maximum atomic E-state index is 15.0. The van der Waals surface area contributed by atoms with Gasteiger partial charge in [-0.3, -0.25) is 14.5 Å². The van der Waals surface area contributed by atoms with Gasteiger partial charge in [-0.1, -0.05) is 18.2 Å². The van der Waals surface area contributed by atoms with Crippen LogP contribution in [0.4, 0.5) is 20.3 Å². The van der Waals surface area contributed by atoms with Gasteiger partial charge in [0.1, 0.15) is 23.1 Å². The van der Waals surface area contributed by atoms with E-state index in [4.69, 9.17) is 24.3 Å². The molecule has 0 saturated carbocycles. The Bertz CT molecular complexity index is 1790. The fraction of sp³-hybridized carbons (Fsp3) is 0.281. The molecule has 2 aromatic carbocycles. The molecular weight excluding hydrogens is 570 g/mol. The van der Waals surface area contributed by atoms with Gasteiger partial charge in [0.25, 0.3) is 0 Å². The number of pyridine rings is 1. The molecule has 0 saturated heterocycles. The van der Waals surface area contributed by atoms with Crippen LogP contribution in [0.15, 0.2) is 54.9 Å². The quantitative estimate of drug-likeness (QED) is 0.130. The number of carbonyl (C=O) groups is 1.